The van der Waals surface area contributed by atoms with Crippen molar-refractivity contribution < 1.29 is 23.1 Å². The Morgan fingerprint density at radius 2 is 2.00 bits per heavy atom. The molecule has 1 atom stereocenters. The fourth-order valence-corrected chi connectivity index (χ4v) is 1.38. The van der Waals surface area contributed by atoms with E-state index < -0.39 is 29.3 Å². The second kappa shape index (κ2) is 5.86. The molecule has 1 amide bonds. The van der Waals surface area contributed by atoms with Crippen molar-refractivity contribution in [3.8, 4) is 0 Å². The molecule has 18 heavy (non-hydrogen) atoms. The maximum Gasteiger partial charge on any atom is 0.417 e. The van der Waals surface area contributed by atoms with Gasteiger partial charge in [0, 0.05) is 6.54 Å². The quantitative estimate of drug-likeness (QED) is 0.873. The van der Waals surface area contributed by atoms with Crippen molar-refractivity contribution in [3.05, 3.63) is 35.4 Å². The van der Waals surface area contributed by atoms with Gasteiger partial charge in [-0.3, -0.25) is 4.79 Å². The molecular formula is C12H14F3NO2. The van der Waals surface area contributed by atoms with Crippen molar-refractivity contribution in [2.75, 3.05) is 6.54 Å². The first-order chi connectivity index (χ1) is 8.36. The lowest BCUT2D eigenvalue weighted by molar-refractivity contribution is -0.137. The Hall–Kier alpha value is -1.56. The average Bonchev–Trinajstić information content (AvgIpc) is 2.34. The molecule has 0 aliphatic heterocycles. The SMILES string of the molecule is CCC(O)CNC(=O)c1ccccc1C(F)(F)F. The van der Waals surface area contributed by atoms with Crippen LogP contribution in [0.2, 0.25) is 0 Å². The number of hydrogen-bond donors (Lipinski definition) is 2. The predicted octanol–water partition coefficient (Wildman–Crippen LogP) is 2.21. The van der Waals surface area contributed by atoms with E-state index in [0.29, 0.717) is 6.42 Å². The second-order valence-corrected chi connectivity index (χ2v) is 3.82. The number of carbonyl (C=O) groups is 1. The summed E-state index contributed by atoms with van der Waals surface area (Å²) in [6, 6.07) is 4.54. The Morgan fingerprint density at radius 1 is 1.39 bits per heavy atom. The van der Waals surface area contributed by atoms with Crippen LogP contribution in [-0.4, -0.2) is 23.7 Å². The molecule has 1 unspecified atom stereocenters. The lowest BCUT2D eigenvalue weighted by Gasteiger charge is -2.14. The van der Waals surface area contributed by atoms with Crippen molar-refractivity contribution >= 4 is 5.91 Å². The summed E-state index contributed by atoms with van der Waals surface area (Å²) >= 11 is 0. The third-order valence-corrected chi connectivity index (χ3v) is 2.45. The van der Waals surface area contributed by atoms with Gasteiger partial charge in [-0.05, 0) is 18.6 Å². The Labute approximate surface area is 103 Å². The summed E-state index contributed by atoms with van der Waals surface area (Å²) in [6.07, 6.45) is -4.91. The van der Waals surface area contributed by atoms with E-state index >= 15 is 0 Å². The van der Waals surface area contributed by atoms with Crippen LogP contribution in [0.1, 0.15) is 29.3 Å². The van der Waals surface area contributed by atoms with Crippen LogP contribution >= 0.6 is 0 Å². The number of rotatable bonds is 4. The summed E-state index contributed by atoms with van der Waals surface area (Å²) in [5, 5.41) is 11.5. The highest BCUT2D eigenvalue weighted by Crippen LogP contribution is 2.31. The largest absolute Gasteiger partial charge is 0.417 e. The number of amides is 1. The van der Waals surface area contributed by atoms with Crippen LogP contribution in [0.4, 0.5) is 13.2 Å². The molecule has 0 saturated carbocycles. The second-order valence-electron chi connectivity index (χ2n) is 3.82. The predicted molar refractivity (Wildman–Crippen MR) is 60.1 cm³/mol. The minimum atomic E-state index is -4.57. The van der Waals surface area contributed by atoms with Crippen molar-refractivity contribution in [3.63, 3.8) is 0 Å². The van der Waals surface area contributed by atoms with E-state index in [1.807, 2.05) is 0 Å². The molecule has 100 valence electrons. The minimum absolute atomic E-state index is 0.0679. The van der Waals surface area contributed by atoms with Gasteiger partial charge >= 0.3 is 6.18 Å². The number of carbonyl (C=O) groups excluding carboxylic acids is 1. The molecule has 0 aromatic heterocycles. The highest BCUT2D eigenvalue weighted by Gasteiger charge is 2.34. The minimum Gasteiger partial charge on any atom is -0.391 e. The highest BCUT2D eigenvalue weighted by molar-refractivity contribution is 5.95. The van der Waals surface area contributed by atoms with Gasteiger partial charge in [0.1, 0.15) is 0 Å². The third kappa shape index (κ3) is 3.73. The van der Waals surface area contributed by atoms with Crippen molar-refractivity contribution in [1.82, 2.24) is 5.32 Å². The summed E-state index contributed by atoms with van der Waals surface area (Å²) in [7, 11) is 0. The van der Waals surface area contributed by atoms with Gasteiger partial charge in [0.25, 0.3) is 5.91 Å². The van der Waals surface area contributed by atoms with Gasteiger partial charge in [-0.1, -0.05) is 19.1 Å². The number of alkyl halides is 3. The number of hydrogen-bond acceptors (Lipinski definition) is 2. The summed E-state index contributed by atoms with van der Waals surface area (Å²) in [4.78, 5) is 11.6. The molecule has 6 heteroatoms. The summed E-state index contributed by atoms with van der Waals surface area (Å²) in [5.41, 5.74) is -1.42. The zero-order chi connectivity index (χ0) is 13.8. The van der Waals surface area contributed by atoms with Gasteiger partial charge in [0.05, 0.1) is 17.2 Å². The van der Waals surface area contributed by atoms with Crippen LogP contribution in [-0.2, 0) is 6.18 Å². The molecule has 0 spiro atoms. The van der Waals surface area contributed by atoms with E-state index in [9.17, 15) is 23.1 Å². The van der Waals surface area contributed by atoms with E-state index in [1.165, 1.54) is 12.1 Å². The van der Waals surface area contributed by atoms with E-state index in [0.717, 1.165) is 12.1 Å². The smallest absolute Gasteiger partial charge is 0.391 e. The maximum atomic E-state index is 12.6. The topological polar surface area (TPSA) is 49.3 Å². The van der Waals surface area contributed by atoms with Crippen LogP contribution in [0.25, 0.3) is 0 Å². The van der Waals surface area contributed by atoms with Crippen LogP contribution in [0.5, 0.6) is 0 Å². The van der Waals surface area contributed by atoms with Gasteiger partial charge in [0.15, 0.2) is 0 Å². The molecule has 0 saturated heterocycles. The standard InChI is InChI=1S/C12H14F3NO2/c1-2-8(17)7-16-11(18)9-5-3-4-6-10(9)12(13,14)15/h3-6,8,17H,2,7H2,1H3,(H,16,18). The Morgan fingerprint density at radius 3 is 2.56 bits per heavy atom. The van der Waals surface area contributed by atoms with Gasteiger partial charge in [-0.15, -0.1) is 0 Å². The lowest BCUT2D eigenvalue weighted by Crippen LogP contribution is -2.33. The Bertz CT molecular complexity index is 418. The molecule has 0 bridgehead atoms. The van der Waals surface area contributed by atoms with Crippen LogP contribution in [0.3, 0.4) is 0 Å². The normalized spacial score (nSPS) is 13.2. The molecule has 0 aliphatic carbocycles. The molecule has 1 aromatic rings. The summed E-state index contributed by atoms with van der Waals surface area (Å²) in [5.74, 6) is -0.838. The first-order valence-electron chi connectivity index (χ1n) is 5.48. The van der Waals surface area contributed by atoms with E-state index in [2.05, 4.69) is 5.32 Å². The van der Waals surface area contributed by atoms with Crippen LogP contribution in [0, 0.1) is 0 Å². The molecule has 1 rings (SSSR count). The molecule has 0 heterocycles. The zero-order valence-corrected chi connectivity index (χ0v) is 9.79. The molecule has 0 fully saturated rings. The number of aliphatic hydroxyl groups excluding tert-OH is 1. The molecule has 2 N–H and O–H groups in total. The molecule has 0 aliphatic rings. The third-order valence-electron chi connectivity index (χ3n) is 2.45. The highest BCUT2D eigenvalue weighted by atomic mass is 19.4. The van der Waals surface area contributed by atoms with E-state index in [-0.39, 0.29) is 6.54 Å². The van der Waals surface area contributed by atoms with Crippen molar-refractivity contribution in [2.45, 2.75) is 25.6 Å². The molecule has 0 radical (unpaired) electrons. The van der Waals surface area contributed by atoms with Crippen molar-refractivity contribution in [1.29, 1.82) is 0 Å². The van der Waals surface area contributed by atoms with Gasteiger partial charge in [-0.25, -0.2) is 0 Å². The maximum absolute atomic E-state index is 12.6. The Kier molecular flexibility index (Phi) is 4.72. The fraction of sp³-hybridized carbons (Fsp3) is 0.417. The number of halogens is 3. The fourth-order valence-electron chi connectivity index (χ4n) is 1.38. The van der Waals surface area contributed by atoms with Crippen LogP contribution < -0.4 is 5.32 Å². The first-order valence-corrected chi connectivity index (χ1v) is 5.48. The van der Waals surface area contributed by atoms with Gasteiger partial charge < -0.3 is 10.4 Å². The van der Waals surface area contributed by atoms with Gasteiger partial charge in [-0.2, -0.15) is 13.2 Å². The number of nitrogens with one attached hydrogen (secondary N) is 1. The first kappa shape index (κ1) is 14.5. The van der Waals surface area contributed by atoms with Crippen LogP contribution in [0.15, 0.2) is 24.3 Å². The molecule has 1 aromatic carbocycles. The molecule has 3 nitrogen and oxygen atoms in total. The Balaban J connectivity index is 2.86. The zero-order valence-electron chi connectivity index (χ0n) is 9.79. The van der Waals surface area contributed by atoms with E-state index in [1.54, 1.807) is 6.92 Å². The van der Waals surface area contributed by atoms with Gasteiger partial charge in [0.2, 0.25) is 0 Å². The molecular weight excluding hydrogens is 247 g/mol. The number of benzene rings is 1. The van der Waals surface area contributed by atoms with E-state index in [4.69, 9.17) is 0 Å². The monoisotopic (exact) mass is 261 g/mol. The average molecular weight is 261 g/mol. The lowest BCUT2D eigenvalue weighted by atomic mass is 10.1. The summed E-state index contributed by atoms with van der Waals surface area (Å²) in [6.45, 7) is 1.64. The number of aliphatic hydroxyl groups is 1. The summed E-state index contributed by atoms with van der Waals surface area (Å²) < 4.78 is 37.9. The van der Waals surface area contributed by atoms with Crippen molar-refractivity contribution in [2.24, 2.45) is 0 Å².